The Morgan fingerprint density at radius 1 is 1.33 bits per heavy atom. The van der Waals surface area contributed by atoms with Crippen molar-refractivity contribution in [1.82, 2.24) is 19.7 Å². The molecule has 0 radical (unpaired) electrons. The zero-order valence-corrected chi connectivity index (χ0v) is 9.53. The third kappa shape index (κ3) is 2.30. The van der Waals surface area contributed by atoms with Gasteiger partial charge in [0.05, 0.1) is 0 Å². The molecule has 0 aliphatic heterocycles. The second-order valence-corrected chi connectivity index (χ2v) is 3.69. The van der Waals surface area contributed by atoms with Gasteiger partial charge in [0.15, 0.2) is 5.82 Å². The molecule has 0 spiro atoms. The van der Waals surface area contributed by atoms with E-state index in [9.17, 15) is 13.2 Å². The molecule has 94 valence electrons. The first kappa shape index (κ1) is 12.4. The zero-order valence-electron chi connectivity index (χ0n) is 8.72. The Hall–Kier alpha value is -2.03. The van der Waals surface area contributed by atoms with E-state index in [0.29, 0.717) is 0 Å². The molecular formula is C9H6F3N5S. The summed E-state index contributed by atoms with van der Waals surface area (Å²) in [4.78, 5) is 7.24. The quantitative estimate of drug-likeness (QED) is 0.836. The predicted molar refractivity (Wildman–Crippen MR) is 60.0 cm³/mol. The van der Waals surface area contributed by atoms with Crippen LogP contribution in [-0.2, 0) is 6.18 Å². The number of aromatic nitrogens is 4. The lowest BCUT2D eigenvalue weighted by atomic mass is 10.2. The lowest BCUT2D eigenvalue weighted by Gasteiger charge is -2.10. The van der Waals surface area contributed by atoms with Crippen molar-refractivity contribution in [1.29, 1.82) is 0 Å². The van der Waals surface area contributed by atoms with Crippen molar-refractivity contribution >= 4 is 17.2 Å². The Bertz CT molecular complexity index is 592. The normalized spacial score (nSPS) is 11.5. The average molecular weight is 273 g/mol. The van der Waals surface area contributed by atoms with Gasteiger partial charge in [-0.3, -0.25) is 0 Å². The fourth-order valence-corrected chi connectivity index (χ4v) is 1.37. The van der Waals surface area contributed by atoms with Crippen molar-refractivity contribution in [2.24, 2.45) is 5.73 Å². The first-order chi connectivity index (χ1) is 8.39. The Balaban J connectivity index is 2.53. The van der Waals surface area contributed by atoms with Crippen LogP contribution in [0.2, 0.25) is 0 Å². The molecule has 0 aliphatic carbocycles. The molecule has 2 N–H and O–H groups in total. The highest BCUT2D eigenvalue weighted by molar-refractivity contribution is 7.80. The summed E-state index contributed by atoms with van der Waals surface area (Å²) in [6.07, 6.45) is -2.22. The van der Waals surface area contributed by atoms with Gasteiger partial charge < -0.3 is 5.73 Å². The molecule has 2 aromatic rings. The molecule has 0 unspecified atom stereocenters. The van der Waals surface area contributed by atoms with Crippen LogP contribution < -0.4 is 5.73 Å². The molecule has 0 saturated carbocycles. The number of thiocarbonyl (C=S) groups is 1. The van der Waals surface area contributed by atoms with Gasteiger partial charge in [-0.05, 0) is 12.1 Å². The predicted octanol–water partition coefficient (Wildman–Crippen LogP) is 1.32. The molecule has 5 nitrogen and oxygen atoms in total. The molecule has 9 heteroatoms. The molecule has 0 bridgehead atoms. The minimum atomic E-state index is -4.53. The molecule has 2 rings (SSSR count). The average Bonchev–Trinajstić information content (AvgIpc) is 2.77. The molecule has 2 heterocycles. The number of halogens is 3. The number of rotatable bonds is 2. The molecular weight excluding hydrogens is 267 g/mol. The Kier molecular flexibility index (Phi) is 2.99. The minimum absolute atomic E-state index is 0.0104. The Morgan fingerprint density at radius 2 is 2.06 bits per heavy atom. The molecule has 0 aliphatic rings. The second-order valence-electron chi connectivity index (χ2n) is 3.25. The number of hydrogen-bond acceptors (Lipinski definition) is 4. The van der Waals surface area contributed by atoms with Gasteiger partial charge in [-0.1, -0.05) is 12.2 Å². The van der Waals surface area contributed by atoms with Crippen molar-refractivity contribution in [3.05, 3.63) is 36.0 Å². The summed E-state index contributed by atoms with van der Waals surface area (Å²) in [6, 6.07) is 2.10. The smallest absolute Gasteiger partial charge is 0.387 e. The van der Waals surface area contributed by atoms with Crippen LogP contribution >= 0.6 is 12.2 Å². The molecule has 0 aromatic carbocycles. The van der Waals surface area contributed by atoms with Crippen LogP contribution in [0.1, 0.15) is 11.4 Å². The number of hydrogen-bond donors (Lipinski definition) is 1. The van der Waals surface area contributed by atoms with Gasteiger partial charge in [0.25, 0.3) is 0 Å². The van der Waals surface area contributed by atoms with E-state index >= 15 is 0 Å². The first-order valence-corrected chi connectivity index (χ1v) is 5.04. The van der Waals surface area contributed by atoms with Crippen molar-refractivity contribution in [3.8, 4) is 5.82 Å². The molecule has 2 aromatic heterocycles. The summed E-state index contributed by atoms with van der Waals surface area (Å²) in [5, 5.41) is 3.73. The fraction of sp³-hybridized carbons (Fsp3) is 0.111. The van der Waals surface area contributed by atoms with E-state index in [1.165, 1.54) is 12.3 Å². The van der Waals surface area contributed by atoms with E-state index in [-0.39, 0.29) is 16.6 Å². The maximum atomic E-state index is 12.7. The van der Waals surface area contributed by atoms with Crippen molar-refractivity contribution in [2.45, 2.75) is 6.18 Å². The zero-order chi connectivity index (χ0) is 13.3. The van der Waals surface area contributed by atoms with Crippen LogP contribution in [0.25, 0.3) is 5.82 Å². The van der Waals surface area contributed by atoms with E-state index in [2.05, 4.69) is 27.3 Å². The van der Waals surface area contributed by atoms with E-state index < -0.39 is 11.7 Å². The Labute approximate surface area is 104 Å². The molecule has 0 saturated heterocycles. The van der Waals surface area contributed by atoms with Crippen LogP contribution in [0.5, 0.6) is 0 Å². The lowest BCUT2D eigenvalue weighted by Crippen LogP contribution is -2.14. The summed E-state index contributed by atoms with van der Waals surface area (Å²) in [5.74, 6) is -0.385. The second kappa shape index (κ2) is 4.33. The lowest BCUT2D eigenvalue weighted by molar-refractivity contribution is -0.137. The van der Waals surface area contributed by atoms with Gasteiger partial charge in [0.1, 0.15) is 16.9 Å². The number of nitrogens with two attached hydrogens (primary N) is 1. The summed E-state index contributed by atoms with van der Waals surface area (Å²) in [7, 11) is 0. The standard InChI is InChI=1S/C9H6F3N5S/c10-9(11,12)5-2-1-3-14-8(5)17-4-15-7(16-17)6(13)18/h1-4H,(H2,13,18). The highest BCUT2D eigenvalue weighted by Gasteiger charge is 2.35. The first-order valence-electron chi connectivity index (χ1n) is 4.63. The summed E-state index contributed by atoms with van der Waals surface area (Å²) in [5.41, 5.74) is 4.37. The van der Waals surface area contributed by atoms with Crippen LogP contribution in [0.3, 0.4) is 0 Å². The number of pyridine rings is 1. The van der Waals surface area contributed by atoms with Gasteiger partial charge in [-0.2, -0.15) is 13.2 Å². The molecule has 0 atom stereocenters. The highest BCUT2D eigenvalue weighted by Crippen LogP contribution is 2.32. The summed E-state index contributed by atoms with van der Waals surface area (Å²) in [6.45, 7) is 0. The topological polar surface area (TPSA) is 69.6 Å². The van der Waals surface area contributed by atoms with Gasteiger partial charge >= 0.3 is 6.18 Å². The van der Waals surface area contributed by atoms with E-state index in [0.717, 1.165) is 17.1 Å². The maximum Gasteiger partial charge on any atom is 0.420 e. The summed E-state index contributed by atoms with van der Waals surface area (Å²) >= 11 is 4.63. The van der Waals surface area contributed by atoms with Crippen LogP contribution in [-0.4, -0.2) is 24.7 Å². The van der Waals surface area contributed by atoms with Gasteiger partial charge in [-0.15, -0.1) is 5.10 Å². The van der Waals surface area contributed by atoms with Crippen molar-refractivity contribution in [2.75, 3.05) is 0 Å². The monoisotopic (exact) mass is 273 g/mol. The van der Waals surface area contributed by atoms with Crippen molar-refractivity contribution < 1.29 is 13.2 Å². The molecule has 0 fully saturated rings. The van der Waals surface area contributed by atoms with Crippen LogP contribution in [0.4, 0.5) is 13.2 Å². The van der Waals surface area contributed by atoms with Crippen LogP contribution in [0, 0.1) is 0 Å². The van der Waals surface area contributed by atoms with Gasteiger partial charge in [0.2, 0.25) is 5.82 Å². The third-order valence-electron chi connectivity index (χ3n) is 2.02. The van der Waals surface area contributed by atoms with Crippen molar-refractivity contribution in [3.63, 3.8) is 0 Å². The largest absolute Gasteiger partial charge is 0.420 e. The Morgan fingerprint density at radius 3 is 2.61 bits per heavy atom. The van der Waals surface area contributed by atoms with E-state index in [1.54, 1.807) is 0 Å². The van der Waals surface area contributed by atoms with E-state index in [1.807, 2.05) is 0 Å². The minimum Gasteiger partial charge on any atom is -0.387 e. The molecule has 18 heavy (non-hydrogen) atoms. The SMILES string of the molecule is NC(=S)c1ncn(-c2ncccc2C(F)(F)F)n1. The fourth-order valence-electron chi connectivity index (χ4n) is 1.28. The number of nitrogens with zero attached hydrogens (tertiary/aromatic N) is 4. The van der Waals surface area contributed by atoms with Gasteiger partial charge in [0, 0.05) is 6.20 Å². The summed E-state index contributed by atoms with van der Waals surface area (Å²) < 4.78 is 39.1. The van der Waals surface area contributed by atoms with Gasteiger partial charge in [-0.25, -0.2) is 14.6 Å². The molecule has 0 amide bonds. The number of alkyl halides is 3. The van der Waals surface area contributed by atoms with E-state index in [4.69, 9.17) is 5.73 Å². The highest BCUT2D eigenvalue weighted by atomic mass is 32.1. The third-order valence-corrected chi connectivity index (χ3v) is 2.20. The maximum absolute atomic E-state index is 12.7. The van der Waals surface area contributed by atoms with Crippen LogP contribution in [0.15, 0.2) is 24.7 Å².